The molecule has 1 N–H and O–H groups in total. The smallest absolute Gasteiger partial charge is 0.226 e. The zero-order valence-corrected chi connectivity index (χ0v) is 17.1. The summed E-state index contributed by atoms with van der Waals surface area (Å²) in [4.78, 5) is 11.6. The number of fused-ring (bicyclic) bond motifs is 1. The molecule has 0 saturated heterocycles. The van der Waals surface area contributed by atoms with E-state index in [-0.39, 0.29) is 15.6 Å². The number of benzene rings is 1. The molecule has 7 nitrogen and oxygen atoms in total. The minimum Gasteiger partial charge on any atom is -0.345 e. The van der Waals surface area contributed by atoms with Gasteiger partial charge >= 0.3 is 0 Å². The van der Waals surface area contributed by atoms with Crippen LogP contribution >= 0.6 is 0 Å². The zero-order chi connectivity index (χ0) is 19.8. The second-order valence-corrected chi connectivity index (χ2v) is 10.8. The van der Waals surface area contributed by atoms with E-state index in [1.807, 2.05) is 13.0 Å². The molecule has 0 aliphatic carbocycles. The molecule has 9 heteroatoms. The Balaban J connectivity index is 2.19. The number of nitrogens with one attached hydrogen (secondary N) is 1. The first-order valence-electron chi connectivity index (χ1n) is 8.22. The quantitative estimate of drug-likeness (QED) is 0.673. The molecule has 3 aromatic rings. The molecule has 1 aromatic carbocycles. The average Bonchev–Trinajstić information content (AvgIpc) is 3.05. The van der Waals surface area contributed by atoms with Crippen LogP contribution in [0.1, 0.15) is 32.0 Å². The van der Waals surface area contributed by atoms with Crippen LogP contribution in [-0.2, 0) is 20.8 Å². The second-order valence-electron chi connectivity index (χ2n) is 7.04. The Morgan fingerprint density at radius 3 is 2.59 bits per heavy atom. The molecule has 3 rings (SSSR count). The Morgan fingerprint density at radius 1 is 1.19 bits per heavy atom. The Kier molecular flexibility index (Phi) is 5.00. The summed E-state index contributed by atoms with van der Waals surface area (Å²) in [5.41, 5.74) is 1.73. The zero-order valence-electron chi connectivity index (χ0n) is 15.4. The maximum atomic E-state index is 13.2. The predicted octanol–water partition coefficient (Wildman–Crippen LogP) is 2.98. The summed E-state index contributed by atoms with van der Waals surface area (Å²) in [7, 11) is -5.47. The van der Waals surface area contributed by atoms with Gasteiger partial charge in [0.2, 0.25) is 9.84 Å². The maximum Gasteiger partial charge on any atom is 0.226 e. The van der Waals surface area contributed by atoms with Gasteiger partial charge in [0.05, 0.1) is 15.9 Å². The highest BCUT2D eigenvalue weighted by Gasteiger charge is 2.26. The summed E-state index contributed by atoms with van der Waals surface area (Å²) in [5.74, 6) is 0. The number of sulfone groups is 1. The fourth-order valence-corrected chi connectivity index (χ4v) is 4.22. The molecule has 0 aliphatic heterocycles. The maximum absolute atomic E-state index is 13.2. The number of H-pyrrole nitrogens is 1. The Bertz CT molecular complexity index is 1160. The van der Waals surface area contributed by atoms with Crippen LogP contribution in [0.2, 0.25) is 0 Å². The number of aromatic amines is 1. The normalized spacial score (nSPS) is 14.1. The van der Waals surface area contributed by atoms with Crippen LogP contribution < -0.4 is 0 Å². The highest BCUT2D eigenvalue weighted by Crippen LogP contribution is 2.24. The van der Waals surface area contributed by atoms with Gasteiger partial charge in [-0.05, 0) is 51.5 Å². The van der Waals surface area contributed by atoms with Crippen molar-refractivity contribution in [2.75, 3.05) is 0 Å². The highest BCUT2D eigenvalue weighted by molar-refractivity contribution is 7.91. The van der Waals surface area contributed by atoms with E-state index in [0.717, 1.165) is 5.56 Å². The van der Waals surface area contributed by atoms with Gasteiger partial charge in [0.25, 0.3) is 0 Å². The van der Waals surface area contributed by atoms with Gasteiger partial charge in [0.15, 0.2) is 10.7 Å². The van der Waals surface area contributed by atoms with Crippen LogP contribution in [0.25, 0.3) is 11.2 Å². The summed E-state index contributed by atoms with van der Waals surface area (Å²) in [6.45, 7) is 7.16. The molecule has 0 fully saturated rings. The number of nitrogens with zero attached hydrogens (tertiary/aromatic N) is 3. The van der Waals surface area contributed by atoms with Gasteiger partial charge < -0.3 is 4.98 Å². The van der Waals surface area contributed by atoms with E-state index in [0.29, 0.717) is 11.2 Å². The first-order chi connectivity index (χ1) is 12.6. The minimum absolute atomic E-state index is 0.0567. The monoisotopic (exact) mass is 404 g/mol. The Morgan fingerprint density at radius 2 is 1.93 bits per heavy atom. The third-order valence-electron chi connectivity index (χ3n) is 3.73. The number of aromatic nitrogens is 3. The van der Waals surface area contributed by atoms with E-state index < -0.39 is 25.6 Å². The van der Waals surface area contributed by atoms with Gasteiger partial charge in [-0.15, -0.1) is 0 Å². The predicted molar refractivity (Wildman–Crippen MR) is 106 cm³/mol. The van der Waals surface area contributed by atoms with Crippen LogP contribution in [0, 0.1) is 6.92 Å². The van der Waals surface area contributed by atoms with E-state index in [1.165, 1.54) is 12.3 Å². The molecule has 0 saturated carbocycles. The molecule has 0 amide bonds. The second kappa shape index (κ2) is 6.97. The molecule has 0 bridgehead atoms. The number of rotatable bonds is 4. The Labute approximate surface area is 160 Å². The van der Waals surface area contributed by atoms with Crippen molar-refractivity contribution >= 4 is 38.2 Å². The van der Waals surface area contributed by atoms with Crippen LogP contribution in [0.3, 0.4) is 0 Å². The van der Waals surface area contributed by atoms with Crippen LogP contribution in [-0.4, -0.2) is 38.5 Å². The molecular weight excluding hydrogens is 384 g/mol. The molecule has 0 radical (unpaired) electrons. The van der Waals surface area contributed by atoms with Crippen molar-refractivity contribution in [1.82, 2.24) is 15.0 Å². The van der Waals surface area contributed by atoms with Crippen LogP contribution in [0.4, 0.5) is 0 Å². The third kappa shape index (κ3) is 3.98. The molecule has 0 spiro atoms. The molecule has 2 heterocycles. The van der Waals surface area contributed by atoms with Gasteiger partial charge in [0, 0.05) is 6.20 Å². The first-order valence-corrected chi connectivity index (χ1v) is 10.8. The van der Waals surface area contributed by atoms with Crippen molar-refractivity contribution < 1.29 is 12.6 Å². The summed E-state index contributed by atoms with van der Waals surface area (Å²) in [6.07, 6.45) is 2.85. The van der Waals surface area contributed by atoms with Crippen molar-refractivity contribution in [3.63, 3.8) is 0 Å². The van der Waals surface area contributed by atoms with Crippen molar-refractivity contribution in [3.05, 3.63) is 47.8 Å². The van der Waals surface area contributed by atoms with Gasteiger partial charge in [0.1, 0.15) is 22.2 Å². The summed E-state index contributed by atoms with van der Waals surface area (Å²) >= 11 is 0. The molecule has 0 aliphatic rings. The van der Waals surface area contributed by atoms with Crippen LogP contribution in [0.15, 0.2) is 50.8 Å². The third-order valence-corrected chi connectivity index (χ3v) is 6.75. The van der Waals surface area contributed by atoms with Crippen LogP contribution in [0.5, 0.6) is 0 Å². The van der Waals surface area contributed by atoms with Crippen molar-refractivity contribution in [2.24, 2.45) is 4.40 Å². The largest absolute Gasteiger partial charge is 0.345 e. The molecule has 1 atom stereocenters. The molecule has 2 aromatic heterocycles. The van der Waals surface area contributed by atoms with Crippen molar-refractivity contribution in [1.29, 1.82) is 0 Å². The average molecular weight is 405 g/mol. The van der Waals surface area contributed by atoms with Crippen molar-refractivity contribution in [2.45, 2.75) is 42.4 Å². The van der Waals surface area contributed by atoms with E-state index in [2.05, 4.69) is 19.3 Å². The lowest BCUT2D eigenvalue weighted by Gasteiger charge is -2.13. The standard InChI is InChI=1S/C18H20N4O3S2/c1-12-6-5-7-13(10-12)27(24,25)17-15(11-20-26(23)18(2,3)4)21-14-8-9-19-16(14)22-17/h5-11H,1-4H3,(H,19,22)/b20-11+/t26-/m0/s1. The molecule has 27 heavy (non-hydrogen) atoms. The lowest BCUT2D eigenvalue weighted by molar-refractivity contribution is 0.592. The molecule has 0 unspecified atom stereocenters. The van der Waals surface area contributed by atoms with Gasteiger partial charge in [-0.3, -0.25) is 0 Å². The van der Waals surface area contributed by atoms with Gasteiger partial charge in [-0.1, -0.05) is 12.1 Å². The fourth-order valence-electron chi connectivity index (χ4n) is 2.30. The van der Waals surface area contributed by atoms with Gasteiger partial charge in [-0.25, -0.2) is 22.6 Å². The Hall–Kier alpha value is -2.39. The number of hydrogen-bond acceptors (Lipinski definition) is 5. The first kappa shape index (κ1) is 19.4. The minimum atomic E-state index is -3.93. The summed E-state index contributed by atoms with van der Waals surface area (Å²) < 4.78 is 42.0. The number of aryl methyl sites for hydroxylation is 1. The van der Waals surface area contributed by atoms with E-state index in [1.54, 1.807) is 45.2 Å². The van der Waals surface area contributed by atoms with Gasteiger partial charge in [-0.2, -0.15) is 4.40 Å². The summed E-state index contributed by atoms with van der Waals surface area (Å²) in [5, 5.41) is -0.224. The lowest BCUT2D eigenvalue weighted by atomic mass is 10.2. The van der Waals surface area contributed by atoms with E-state index >= 15 is 0 Å². The number of hydrogen-bond donors (Lipinski definition) is 1. The lowest BCUT2D eigenvalue weighted by Crippen LogP contribution is -2.20. The summed E-state index contributed by atoms with van der Waals surface area (Å²) in [6, 6.07) is 8.25. The van der Waals surface area contributed by atoms with E-state index in [4.69, 9.17) is 0 Å². The fraction of sp³-hybridized carbons (Fsp3) is 0.278. The molecular formula is C18H20N4O3S2. The van der Waals surface area contributed by atoms with E-state index in [9.17, 15) is 12.6 Å². The highest BCUT2D eigenvalue weighted by atomic mass is 32.2. The SMILES string of the molecule is Cc1cccc(S(=O)(=O)c2nc3[nH]ccc3nc2/C=N/[S@@](=O)C(C)(C)C)c1. The topological polar surface area (TPSA) is 105 Å². The molecule has 142 valence electrons. The van der Waals surface area contributed by atoms with Crippen molar-refractivity contribution in [3.8, 4) is 0 Å².